The van der Waals surface area contributed by atoms with Crippen molar-refractivity contribution in [3.63, 3.8) is 0 Å². The molecule has 0 aromatic heterocycles. The maximum atomic E-state index is 12.9. The fourth-order valence-electron chi connectivity index (χ4n) is 8.76. The van der Waals surface area contributed by atoms with Gasteiger partial charge in [-0.1, -0.05) is 247 Å². The predicted octanol–water partition coefficient (Wildman–Crippen LogP) is 14.1. The third kappa shape index (κ3) is 38.9. The highest BCUT2D eigenvalue weighted by Crippen LogP contribution is 2.23. The number of carbonyl (C=O) groups is 1. The van der Waals surface area contributed by atoms with Gasteiger partial charge >= 0.3 is 0 Å². The first-order valence-corrected chi connectivity index (χ1v) is 28.7. The Bertz CT molecular complexity index is 1310. The van der Waals surface area contributed by atoms with Crippen LogP contribution in [0.1, 0.15) is 245 Å². The van der Waals surface area contributed by atoms with Crippen molar-refractivity contribution in [3.8, 4) is 0 Å². The average molecular weight is 971 g/mol. The van der Waals surface area contributed by atoms with E-state index in [1.165, 1.54) is 154 Å². The number of aliphatic hydroxyl groups is 5. The number of unbranched alkanes of at least 4 members (excludes halogenated alkanes) is 28. The van der Waals surface area contributed by atoms with Crippen molar-refractivity contribution < 1.29 is 39.8 Å². The van der Waals surface area contributed by atoms with Gasteiger partial charge in [0.2, 0.25) is 5.91 Å². The van der Waals surface area contributed by atoms with Gasteiger partial charge in [0, 0.05) is 6.42 Å². The summed E-state index contributed by atoms with van der Waals surface area (Å²) in [5.41, 5.74) is 0. The zero-order chi connectivity index (χ0) is 50.1. The highest BCUT2D eigenvalue weighted by Gasteiger charge is 2.44. The second-order valence-corrected chi connectivity index (χ2v) is 19.7. The molecule has 0 saturated carbocycles. The zero-order valence-electron chi connectivity index (χ0n) is 44.3. The minimum atomic E-state index is -1.57. The van der Waals surface area contributed by atoms with Crippen LogP contribution >= 0.6 is 0 Å². The van der Waals surface area contributed by atoms with Gasteiger partial charge in [0.1, 0.15) is 24.4 Å². The molecule has 1 fully saturated rings. The van der Waals surface area contributed by atoms with E-state index in [-0.39, 0.29) is 12.5 Å². The van der Waals surface area contributed by atoms with E-state index in [0.717, 1.165) is 70.6 Å². The number of allylic oxidation sites excluding steroid dienone is 11. The Balaban J connectivity index is 1.97. The van der Waals surface area contributed by atoms with E-state index in [9.17, 15) is 30.3 Å². The molecule has 1 rings (SSSR count). The van der Waals surface area contributed by atoms with E-state index >= 15 is 0 Å². The van der Waals surface area contributed by atoms with Crippen molar-refractivity contribution in [3.05, 3.63) is 72.9 Å². The molecule has 1 amide bonds. The molecule has 7 atom stereocenters. The van der Waals surface area contributed by atoms with E-state index < -0.39 is 49.5 Å². The maximum Gasteiger partial charge on any atom is 0.220 e. The number of amides is 1. The third-order valence-corrected chi connectivity index (χ3v) is 13.2. The number of aliphatic hydroxyl groups excluding tert-OH is 5. The summed E-state index contributed by atoms with van der Waals surface area (Å²) in [6.07, 6.45) is 61.9. The Hall–Kier alpha value is -2.37. The van der Waals surface area contributed by atoms with Crippen LogP contribution in [0.3, 0.4) is 0 Å². The molecule has 0 aliphatic carbocycles. The summed E-state index contributed by atoms with van der Waals surface area (Å²) in [6, 6.07) is -0.818. The number of hydrogen-bond donors (Lipinski definition) is 6. The molecule has 0 bridgehead atoms. The fraction of sp³-hybridized carbons (Fsp3) is 0.783. The van der Waals surface area contributed by atoms with Crippen molar-refractivity contribution in [2.45, 2.75) is 288 Å². The highest BCUT2D eigenvalue weighted by molar-refractivity contribution is 5.76. The Labute approximate surface area is 423 Å². The SMILES string of the molecule is CC/C=C\C/C=C\C/C=C\C/C=C\CCCCCCCCCCCCCCCCCCCCCCCCCCCCC(=O)NC(COC1OC(CO)C(O)C(O)C1O)C(O)/C=C/CC/C=C/CCC. The van der Waals surface area contributed by atoms with Gasteiger partial charge in [0.25, 0.3) is 0 Å². The van der Waals surface area contributed by atoms with Crippen molar-refractivity contribution in [1.29, 1.82) is 0 Å². The fourth-order valence-corrected chi connectivity index (χ4v) is 8.76. The molecular weight excluding hydrogens is 863 g/mol. The number of ether oxygens (including phenoxy) is 2. The Morgan fingerprint density at radius 1 is 0.507 bits per heavy atom. The molecule has 0 spiro atoms. The standard InChI is InChI=1S/C60H107NO8/c1-3-5-7-9-11-12-13-14-15-16-17-18-19-20-21-22-23-24-25-26-27-28-29-30-31-32-33-34-35-36-37-38-39-40-41-42-44-46-48-50-56(64)61-53(54(63)49-47-45-43-10-8-6-4-2)52-68-60-59(67)58(66)57(65)55(51-62)69-60/h5,7-8,10-12,14-15,17-18,47,49,53-55,57-60,62-63,65-67H,3-4,6,9,13,16,19-46,48,50-52H2,1-2H3,(H,61,64)/b7-5-,10-8+,12-11-,15-14-,18-17-,49-47+. The zero-order valence-corrected chi connectivity index (χ0v) is 44.3. The normalized spacial score (nSPS) is 20.0. The van der Waals surface area contributed by atoms with Gasteiger partial charge in [0.05, 0.1) is 25.4 Å². The molecule has 1 aliphatic heterocycles. The summed E-state index contributed by atoms with van der Waals surface area (Å²) in [4.78, 5) is 12.9. The summed E-state index contributed by atoms with van der Waals surface area (Å²) in [5.74, 6) is -0.190. The van der Waals surface area contributed by atoms with Crippen LogP contribution in [-0.2, 0) is 14.3 Å². The lowest BCUT2D eigenvalue weighted by Crippen LogP contribution is -2.60. The van der Waals surface area contributed by atoms with Gasteiger partial charge < -0.3 is 40.3 Å². The van der Waals surface area contributed by atoms with Crippen molar-refractivity contribution in [1.82, 2.24) is 5.32 Å². The second-order valence-electron chi connectivity index (χ2n) is 19.7. The van der Waals surface area contributed by atoms with Crippen LogP contribution in [0.4, 0.5) is 0 Å². The smallest absolute Gasteiger partial charge is 0.220 e. The number of nitrogens with one attached hydrogen (secondary N) is 1. The highest BCUT2D eigenvalue weighted by atomic mass is 16.7. The van der Waals surface area contributed by atoms with E-state index in [1.807, 2.05) is 6.08 Å². The molecule has 0 aromatic rings. The van der Waals surface area contributed by atoms with Crippen molar-refractivity contribution in [2.24, 2.45) is 0 Å². The average Bonchev–Trinajstić information content (AvgIpc) is 3.35. The first-order valence-electron chi connectivity index (χ1n) is 28.7. The van der Waals surface area contributed by atoms with Gasteiger partial charge in [-0.3, -0.25) is 4.79 Å². The predicted molar refractivity (Wildman–Crippen MR) is 290 cm³/mol. The lowest BCUT2D eigenvalue weighted by molar-refractivity contribution is -0.302. The molecule has 6 N–H and O–H groups in total. The summed E-state index contributed by atoms with van der Waals surface area (Å²) < 4.78 is 11.2. The van der Waals surface area contributed by atoms with Gasteiger partial charge in [-0.05, 0) is 64.2 Å². The van der Waals surface area contributed by atoms with Gasteiger partial charge in [-0.25, -0.2) is 0 Å². The molecule has 400 valence electrons. The van der Waals surface area contributed by atoms with Crippen molar-refractivity contribution in [2.75, 3.05) is 13.2 Å². The van der Waals surface area contributed by atoms with Crippen LogP contribution in [0.15, 0.2) is 72.9 Å². The summed E-state index contributed by atoms with van der Waals surface area (Å²) in [5, 5.41) is 54.0. The topological polar surface area (TPSA) is 149 Å². The molecular formula is C60H107NO8. The van der Waals surface area contributed by atoms with Crippen molar-refractivity contribution >= 4 is 5.91 Å². The molecule has 1 heterocycles. The minimum absolute atomic E-state index is 0.190. The molecule has 69 heavy (non-hydrogen) atoms. The molecule has 0 aromatic carbocycles. The third-order valence-electron chi connectivity index (χ3n) is 13.2. The quantitative estimate of drug-likeness (QED) is 0.0261. The Kier molecular flexibility index (Phi) is 46.1. The van der Waals surface area contributed by atoms with Crippen LogP contribution in [0, 0.1) is 0 Å². The van der Waals surface area contributed by atoms with E-state index in [1.54, 1.807) is 6.08 Å². The van der Waals surface area contributed by atoms with Crippen LogP contribution < -0.4 is 5.32 Å². The van der Waals surface area contributed by atoms with Crippen LogP contribution in [0.2, 0.25) is 0 Å². The lowest BCUT2D eigenvalue weighted by Gasteiger charge is -2.40. The second kappa shape index (κ2) is 49.2. The van der Waals surface area contributed by atoms with Crippen LogP contribution in [0.25, 0.3) is 0 Å². The number of rotatable bonds is 48. The number of carbonyl (C=O) groups excluding carboxylic acids is 1. The minimum Gasteiger partial charge on any atom is -0.394 e. The summed E-state index contributed by atoms with van der Waals surface area (Å²) in [6.45, 7) is 3.53. The van der Waals surface area contributed by atoms with Crippen LogP contribution in [0.5, 0.6) is 0 Å². The largest absolute Gasteiger partial charge is 0.394 e. The van der Waals surface area contributed by atoms with Gasteiger partial charge in [-0.15, -0.1) is 0 Å². The molecule has 9 heteroatoms. The first-order chi connectivity index (χ1) is 33.8. The first kappa shape index (κ1) is 64.6. The van der Waals surface area contributed by atoms with E-state index in [2.05, 4.69) is 79.9 Å². The Morgan fingerprint density at radius 3 is 1.38 bits per heavy atom. The number of hydrogen-bond acceptors (Lipinski definition) is 8. The van der Waals surface area contributed by atoms with Crippen LogP contribution in [-0.4, -0.2) is 87.5 Å². The summed E-state index contributed by atoms with van der Waals surface area (Å²) >= 11 is 0. The summed E-state index contributed by atoms with van der Waals surface area (Å²) in [7, 11) is 0. The van der Waals surface area contributed by atoms with Gasteiger partial charge in [-0.2, -0.15) is 0 Å². The molecule has 7 unspecified atom stereocenters. The Morgan fingerprint density at radius 2 is 0.913 bits per heavy atom. The monoisotopic (exact) mass is 970 g/mol. The lowest BCUT2D eigenvalue weighted by atomic mass is 9.99. The molecule has 9 nitrogen and oxygen atoms in total. The van der Waals surface area contributed by atoms with E-state index in [4.69, 9.17) is 9.47 Å². The molecule has 1 aliphatic rings. The molecule has 0 radical (unpaired) electrons. The molecule has 1 saturated heterocycles. The maximum absolute atomic E-state index is 12.9. The van der Waals surface area contributed by atoms with E-state index in [0.29, 0.717) is 6.42 Å². The van der Waals surface area contributed by atoms with Gasteiger partial charge in [0.15, 0.2) is 6.29 Å².